The molecule has 1 amide bonds. The number of carbonyl (C=O) groups excluding carboxylic acids is 1. The molecule has 3 rings (SSSR count). The Hall–Kier alpha value is -1.79. The number of imidazole rings is 1. The molecule has 1 fully saturated rings. The fourth-order valence-corrected chi connectivity index (χ4v) is 3.64. The summed E-state index contributed by atoms with van der Waals surface area (Å²) in [6.45, 7) is 6.13. The smallest absolute Gasteiger partial charge is 0.329 e. The number of hydrogen-bond acceptors (Lipinski definition) is 3. The van der Waals surface area contributed by atoms with E-state index in [1.807, 2.05) is 43.0 Å². The second-order valence-electron chi connectivity index (χ2n) is 6.68. The molecule has 0 saturated carbocycles. The Morgan fingerprint density at radius 3 is 2.28 bits per heavy atom. The highest BCUT2D eigenvalue weighted by molar-refractivity contribution is 5.85. The van der Waals surface area contributed by atoms with Crippen LogP contribution in [-0.4, -0.2) is 39.1 Å². The van der Waals surface area contributed by atoms with Crippen LogP contribution in [0.5, 0.6) is 0 Å². The van der Waals surface area contributed by atoms with Gasteiger partial charge in [-0.1, -0.05) is 12.1 Å². The molecule has 1 aromatic heterocycles. The molecular formula is C18H27ClN4O2. The molecule has 1 atom stereocenters. The standard InChI is InChI=1S/C18H26N4O2.ClH/c1-3-21-15-6-4-5-7-16(15)22(18(21)24)12-17(23)20-10-8-14(9-11-20)13(2)19;/h4-7,13-14H,3,8-12,19H2,1-2H3;1H. The van der Waals surface area contributed by atoms with Gasteiger partial charge in [0.25, 0.3) is 0 Å². The van der Waals surface area contributed by atoms with Gasteiger partial charge >= 0.3 is 5.69 Å². The Labute approximate surface area is 154 Å². The van der Waals surface area contributed by atoms with E-state index in [4.69, 9.17) is 5.73 Å². The predicted molar refractivity (Wildman–Crippen MR) is 102 cm³/mol. The van der Waals surface area contributed by atoms with Crippen LogP contribution in [0.1, 0.15) is 26.7 Å². The molecular weight excluding hydrogens is 340 g/mol. The molecule has 0 bridgehead atoms. The third-order valence-corrected chi connectivity index (χ3v) is 5.17. The first-order chi connectivity index (χ1) is 11.5. The maximum Gasteiger partial charge on any atom is 0.329 e. The van der Waals surface area contributed by atoms with E-state index in [9.17, 15) is 9.59 Å². The SMILES string of the molecule is CCn1c(=O)n(CC(=O)N2CCC(C(C)N)CC2)c2ccccc21.Cl. The Morgan fingerprint density at radius 2 is 1.76 bits per heavy atom. The normalized spacial score (nSPS) is 16.7. The molecule has 2 heterocycles. The lowest BCUT2D eigenvalue weighted by Gasteiger charge is -2.33. The summed E-state index contributed by atoms with van der Waals surface area (Å²) in [7, 11) is 0. The lowest BCUT2D eigenvalue weighted by atomic mass is 9.91. The number of aryl methyl sites for hydroxylation is 1. The van der Waals surface area contributed by atoms with Crippen molar-refractivity contribution >= 4 is 29.3 Å². The minimum atomic E-state index is -0.113. The van der Waals surface area contributed by atoms with Gasteiger partial charge in [-0.15, -0.1) is 12.4 Å². The quantitative estimate of drug-likeness (QED) is 0.897. The molecule has 1 aliphatic heterocycles. The van der Waals surface area contributed by atoms with Crippen molar-refractivity contribution in [3.8, 4) is 0 Å². The number of halogens is 1. The molecule has 1 saturated heterocycles. The zero-order valence-electron chi connectivity index (χ0n) is 14.9. The monoisotopic (exact) mass is 366 g/mol. The summed E-state index contributed by atoms with van der Waals surface area (Å²) in [5.74, 6) is 0.498. The molecule has 2 N–H and O–H groups in total. The van der Waals surface area contributed by atoms with Crippen LogP contribution in [0.15, 0.2) is 29.1 Å². The number of nitrogens with two attached hydrogens (primary N) is 1. The van der Waals surface area contributed by atoms with Gasteiger partial charge in [0.05, 0.1) is 11.0 Å². The van der Waals surface area contributed by atoms with Crippen LogP contribution in [0.25, 0.3) is 11.0 Å². The van der Waals surface area contributed by atoms with Crippen molar-refractivity contribution in [1.82, 2.24) is 14.0 Å². The number of likely N-dealkylation sites (tertiary alicyclic amines) is 1. The van der Waals surface area contributed by atoms with Crippen LogP contribution in [0.2, 0.25) is 0 Å². The van der Waals surface area contributed by atoms with Gasteiger partial charge in [0.2, 0.25) is 5.91 Å². The van der Waals surface area contributed by atoms with Crippen molar-refractivity contribution < 1.29 is 4.79 Å². The van der Waals surface area contributed by atoms with Crippen molar-refractivity contribution in [3.05, 3.63) is 34.7 Å². The van der Waals surface area contributed by atoms with Gasteiger partial charge in [-0.2, -0.15) is 0 Å². The van der Waals surface area contributed by atoms with Crippen LogP contribution in [-0.2, 0) is 17.9 Å². The first kappa shape index (κ1) is 19.5. The van der Waals surface area contributed by atoms with Gasteiger partial charge in [-0.3, -0.25) is 13.9 Å². The van der Waals surface area contributed by atoms with Gasteiger partial charge in [0, 0.05) is 25.7 Å². The number of para-hydroxylation sites is 2. The summed E-state index contributed by atoms with van der Waals surface area (Å²) in [6.07, 6.45) is 1.88. The molecule has 1 aliphatic rings. The molecule has 1 aromatic carbocycles. The summed E-state index contributed by atoms with van der Waals surface area (Å²) >= 11 is 0. The van der Waals surface area contributed by atoms with E-state index in [2.05, 4.69) is 0 Å². The van der Waals surface area contributed by atoms with Crippen molar-refractivity contribution in [1.29, 1.82) is 0 Å². The average Bonchev–Trinajstić information content (AvgIpc) is 2.86. The first-order valence-electron chi connectivity index (χ1n) is 8.74. The largest absolute Gasteiger partial charge is 0.341 e. The number of hydrogen-bond donors (Lipinski definition) is 1. The highest BCUT2D eigenvalue weighted by Crippen LogP contribution is 2.20. The Kier molecular flexibility index (Phi) is 6.30. The zero-order chi connectivity index (χ0) is 17.3. The highest BCUT2D eigenvalue weighted by Gasteiger charge is 2.25. The number of carbonyl (C=O) groups is 1. The second-order valence-corrected chi connectivity index (χ2v) is 6.68. The Bertz CT molecular complexity index is 788. The van der Waals surface area contributed by atoms with E-state index in [0.29, 0.717) is 12.5 Å². The van der Waals surface area contributed by atoms with E-state index in [0.717, 1.165) is 37.0 Å². The van der Waals surface area contributed by atoms with Crippen LogP contribution in [0, 0.1) is 5.92 Å². The fourth-order valence-electron chi connectivity index (χ4n) is 3.64. The van der Waals surface area contributed by atoms with Crippen molar-refractivity contribution in [3.63, 3.8) is 0 Å². The third kappa shape index (κ3) is 3.75. The lowest BCUT2D eigenvalue weighted by Crippen LogP contribution is -2.44. The molecule has 138 valence electrons. The number of aromatic nitrogens is 2. The van der Waals surface area contributed by atoms with Crippen LogP contribution in [0.3, 0.4) is 0 Å². The van der Waals surface area contributed by atoms with Crippen LogP contribution >= 0.6 is 12.4 Å². The minimum absolute atomic E-state index is 0. The molecule has 7 heteroatoms. The van der Waals surface area contributed by atoms with E-state index >= 15 is 0 Å². The van der Waals surface area contributed by atoms with Gasteiger partial charge in [-0.25, -0.2) is 4.79 Å². The molecule has 0 aliphatic carbocycles. The van der Waals surface area contributed by atoms with Gasteiger partial charge in [0.15, 0.2) is 0 Å². The minimum Gasteiger partial charge on any atom is -0.341 e. The summed E-state index contributed by atoms with van der Waals surface area (Å²) in [5, 5.41) is 0. The molecule has 1 unspecified atom stereocenters. The van der Waals surface area contributed by atoms with Crippen LogP contribution in [0.4, 0.5) is 0 Å². The van der Waals surface area contributed by atoms with Crippen molar-refractivity contribution in [2.75, 3.05) is 13.1 Å². The Balaban J connectivity index is 0.00000225. The number of rotatable bonds is 4. The maximum atomic E-state index is 12.7. The topological polar surface area (TPSA) is 73.3 Å². The van der Waals surface area contributed by atoms with E-state index in [-0.39, 0.29) is 36.6 Å². The predicted octanol–water partition coefficient (Wildman–Crippen LogP) is 1.83. The Morgan fingerprint density at radius 1 is 1.20 bits per heavy atom. The summed E-state index contributed by atoms with van der Waals surface area (Å²) in [4.78, 5) is 27.1. The van der Waals surface area contributed by atoms with E-state index < -0.39 is 0 Å². The molecule has 25 heavy (non-hydrogen) atoms. The fraction of sp³-hybridized carbons (Fsp3) is 0.556. The zero-order valence-corrected chi connectivity index (χ0v) is 15.7. The number of piperidine rings is 1. The van der Waals surface area contributed by atoms with E-state index in [1.54, 1.807) is 9.13 Å². The summed E-state index contributed by atoms with van der Waals surface area (Å²) in [6, 6.07) is 7.82. The van der Waals surface area contributed by atoms with Crippen molar-refractivity contribution in [2.24, 2.45) is 11.7 Å². The summed E-state index contributed by atoms with van der Waals surface area (Å²) in [5.41, 5.74) is 7.55. The van der Waals surface area contributed by atoms with Crippen LogP contribution < -0.4 is 11.4 Å². The molecule has 0 spiro atoms. The van der Waals surface area contributed by atoms with Gasteiger partial charge in [-0.05, 0) is 44.7 Å². The highest BCUT2D eigenvalue weighted by atomic mass is 35.5. The summed E-state index contributed by atoms with van der Waals surface area (Å²) < 4.78 is 3.31. The first-order valence-corrected chi connectivity index (χ1v) is 8.74. The van der Waals surface area contributed by atoms with E-state index in [1.165, 1.54) is 0 Å². The van der Waals surface area contributed by atoms with Crippen molar-refractivity contribution in [2.45, 2.75) is 45.8 Å². The lowest BCUT2D eigenvalue weighted by molar-refractivity contribution is -0.133. The van der Waals surface area contributed by atoms with Gasteiger partial charge in [0.1, 0.15) is 6.54 Å². The molecule has 6 nitrogen and oxygen atoms in total. The number of benzene rings is 1. The number of amides is 1. The molecule has 2 aromatic rings. The molecule has 0 radical (unpaired) electrons. The second kappa shape index (κ2) is 8.06. The average molecular weight is 367 g/mol. The third-order valence-electron chi connectivity index (χ3n) is 5.17. The number of nitrogens with zero attached hydrogens (tertiary/aromatic N) is 3. The van der Waals surface area contributed by atoms with Gasteiger partial charge < -0.3 is 10.6 Å². The maximum absolute atomic E-state index is 12.7. The number of fused-ring (bicyclic) bond motifs is 1.